The number of nitrogens with two attached hydrogens (primary N) is 1. The number of anilines is 1. The van der Waals surface area contributed by atoms with E-state index in [1.807, 2.05) is 0 Å². The van der Waals surface area contributed by atoms with E-state index in [1.54, 1.807) is 38.1 Å². The van der Waals surface area contributed by atoms with E-state index >= 15 is 0 Å². The quantitative estimate of drug-likeness (QED) is 0.0485. The molecule has 0 bridgehead atoms. The summed E-state index contributed by atoms with van der Waals surface area (Å²) in [5, 5.41) is 5.63. The Labute approximate surface area is 329 Å². The van der Waals surface area contributed by atoms with Crippen LogP contribution in [0.4, 0.5) is 15.3 Å². The van der Waals surface area contributed by atoms with Crippen molar-refractivity contribution < 1.29 is 57.1 Å². The van der Waals surface area contributed by atoms with Crippen molar-refractivity contribution in [3.05, 3.63) is 83.2 Å². The Morgan fingerprint density at radius 1 is 0.895 bits per heavy atom. The number of nitrogens with zero attached hydrogens (tertiary/aromatic N) is 2. The first kappa shape index (κ1) is 43.4. The standard InChI is InChI=1S/C40H47N5O12/c1-8-25-17-31(36(46)43-27-13-11-26(12-14-27)35(41)45-39(49)57-28(20-51-5)21-52-6)30(18-33(25)53-7)29-15-16-32(37(47)42-19-24-9-10-24)44-34(29)38(48)55-23(4)56-40(50)54-22(2)3/h8,11-18,22-24,28H,1,9-10,19-21H2,2-7H3,(H,42,47)(H,43,46)(H2,41,45,49). The Kier molecular flexibility index (Phi) is 15.6. The molecule has 17 heteroatoms. The molecular weight excluding hydrogens is 742 g/mol. The number of nitrogens with one attached hydrogen (secondary N) is 2. The van der Waals surface area contributed by atoms with Crippen molar-refractivity contribution in [3.8, 4) is 16.9 Å². The van der Waals surface area contributed by atoms with Crippen LogP contribution < -0.4 is 21.1 Å². The van der Waals surface area contributed by atoms with Crippen molar-refractivity contribution >= 4 is 47.6 Å². The van der Waals surface area contributed by atoms with Crippen molar-refractivity contribution in [1.29, 1.82) is 0 Å². The highest BCUT2D eigenvalue weighted by molar-refractivity contribution is 6.11. The molecule has 1 aliphatic rings. The lowest BCUT2D eigenvalue weighted by Crippen LogP contribution is -2.28. The summed E-state index contributed by atoms with van der Waals surface area (Å²) in [6, 6.07) is 12.1. The van der Waals surface area contributed by atoms with Gasteiger partial charge >= 0.3 is 18.2 Å². The zero-order chi connectivity index (χ0) is 41.6. The molecule has 3 aromatic rings. The molecule has 2 aromatic carbocycles. The Balaban J connectivity index is 1.68. The molecule has 1 unspecified atom stereocenters. The average Bonchev–Trinajstić information content (AvgIpc) is 4.01. The molecule has 1 aromatic heterocycles. The van der Waals surface area contributed by atoms with Gasteiger partial charge in [-0.15, -0.1) is 0 Å². The summed E-state index contributed by atoms with van der Waals surface area (Å²) >= 11 is 0. The monoisotopic (exact) mass is 789 g/mol. The number of benzene rings is 2. The summed E-state index contributed by atoms with van der Waals surface area (Å²) in [6.45, 7) is 9.04. The van der Waals surface area contributed by atoms with Gasteiger partial charge in [-0.1, -0.05) is 12.7 Å². The van der Waals surface area contributed by atoms with Crippen molar-refractivity contribution in [1.82, 2.24) is 10.3 Å². The van der Waals surface area contributed by atoms with Gasteiger partial charge in [0.05, 0.1) is 26.4 Å². The number of esters is 1. The van der Waals surface area contributed by atoms with Crippen molar-refractivity contribution in [2.75, 3.05) is 46.4 Å². The Hall–Kier alpha value is -6.33. The number of rotatable bonds is 18. The molecule has 4 N–H and O–H groups in total. The van der Waals surface area contributed by atoms with Gasteiger partial charge in [0.25, 0.3) is 11.8 Å². The SMILES string of the molecule is C=Cc1cc(C(=O)Nc2ccc(C(N)=NC(=O)OC(COC)COC)cc2)c(-c2ccc(C(=O)NCC3CC3)nc2C(=O)OC(C)OC(=O)OC(C)C)cc1OC. The molecule has 3 amide bonds. The number of hydrogen-bond acceptors (Lipinski definition) is 13. The number of amidine groups is 1. The maximum atomic E-state index is 14.1. The summed E-state index contributed by atoms with van der Waals surface area (Å²) in [7, 11) is 4.34. The lowest BCUT2D eigenvalue weighted by atomic mass is 9.94. The van der Waals surface area contributed by atoms with Gasteiger partial charge < -0.3 is 49.5 Å². The minimum absolute atomic E-state index is 0.0619. The van der Waals surface area contributed by atoms with Crippen LogP contribution in [0, 0.1) is 5.92 Å². The third-order valence-corrected chi connectivity index (χ3v) is 8.18. The summed E-state index contributed by atoms with van der Waals surface area (Å²) in [6.07, 6.45) is -1.08. The predicted octanol–water partition coefficient (Wildman–Crippen LogP) is 5.36. The Bertz CT molecular complexity index is 1970. The van der Waals surface area contributed by atoms with Crippen molar-refractivity contribution in [2.45, 2.75) is 52.1 Å². The van der Waals surface area contributed by atoms with Crippen molar-refractivity contribution in [3.63, 3.8) is 0 Å². The van der Waals surface area contributed by atoms with Gasteiger partial charge in [-0.05, 0) is 81.1 Å². The number of hydrogen-bond donors (Lipinski definition) is 3. The van der Waals surface area contributed by atoms with Crippen LogP contribution in [0.25, 0.3) is 17.2 Å². The second-order valence-electron chi connectivity index (χ2n) is 13.0. The second-order valence-corrected chi connectivity index (χ2v) is 13.0. The normalized spacial score (nSPS) is 13.0. The molecule has 1 aliphatic carbocycles. The molecule has 57 heavy (non-hydrogen) atoms. The molecule has 1 saturated carbocycles. The molecule has 0 radical (unpaired) electrons. The van der Waals surface area contributed by atoms with Gasteiger partial charge in [0.2, 0.25) is 6.29 Å². The lowest BCUT2D eigenvalue weighted by molar-refractivity contribution is -0.0868. The Morgan fingerprint density at radius 2 is 1.58 bits per heavy atom. The molecule has 17 nitrogen and oxygen atoms in total. The van der Waals surface area contributed by atoms with E-state index in [0.29, 0.717) is 35.0 Å². The van der Waals surface area contributed by atoms with E-state index in [0.717, 1.165) is 12.8 Å². The first-order valence-electron chi connectivity index (χ1n) is 17.9. The highest BCUT2D eigenvalue weighted by Gasteiger charge is 2.28. The van der Waals surface area contributed by atoms with E-state index < -0.39 is 48.5 Å². The van der Waals surface area contributed by atoms with Gasteiger partial charge in [-0.25, -0.2) is 19.4 Å². The maximum Gasteiger partial charge on any atom is 0.511 e. The highest BCUT2D eigenvalue weighted by Crippen LogP contribution is 2.35. The lowest BCUT2D eigenvalue weighted by Gasteiger charge is -2.18. The number of aromatic nitrogens is 1. The van der Waals surface area contributed by atoms with E-state index in [2.05, 4.69) is 27.2 Å². The van der Waals surface area contributed by atoms with E-state index in [-0.39, 0.29) is 47.1 Å². The number of carbonyl (C=O) groups is 5. The van der Waals surface area contributed by atoms with Crippen LogP contribution in [0.15, 0.2) is 60.1 Å². The largest absolute Gasteiger partial charge is 0.511 e. The molecular formula is C40H47N5O12. The fourth-order valence-electron chi connectivity index (χ4n) is 5.28. The van der Waals surface area contributed by atoms with E-state index in [9.17, 15) is 24.0 Å². The summed E-state index contributed by atoms with van der Waals surface area (Å²) < 4.78 is 36.3. The smallest absolute Gasteiger partial charge is 0.496 e. The number of amides is 3. The van der Waals surface area contributed by atoms with Crippen LogP contribution in [-0.4, -0.2) is 100 Å². The number of pyridine rings is 1. The third-order valence-electron chi connectivity index (χ3n) is 8.18. The molecule has 0 aliphatic heterocycles. The van der Waals surface area contributed by atoms with E-state index in [1.165, 1.54) is 58.6 Å². The molecule has 1 fully saturated rings. The van der Waals surface area contributed by atoms with Gasteiger partial charge in [0, 0.05) is 61.2 Å². The average molecular weight is 790 g/mol. The topological polar surface area (TPSA) is 225 Å². The van der Waals surface area contributed by atoms with Crippen LogP contribution in [0.3, 0.4) is 0 Å². The predicted molar refractivity (Wildman–Crippen MR) is 208 cm³/mol. The number of aliphatic imine (C=N–C) groups is 1. The first-order valence-corrected chi connectivity index (χ1v) is 17.9. The van der Waals surface area contributed by atoms with Crippen molar-refractivity contribution in [2.24, 2.45) is 16.6 Å². The molecule has 0 spiro atoms. The molecule has 1 atom stereocenters. The highest BCUT2D eigenvalue weighted by atomic mass is 16.8. The van der Waals surface area contributed by atoms with E-state index in [4.69, 9.17) is 38.9 Å². The third kappa shape index (κ3) is 12.6. The van der Waals surface area contributed by atoms with Crippen LogP contribution in [0.5, 0.6) is 5.75 Å². The number of ether oxygens (including phenoxy) is 7. The van der Waals surface area contributed by atoms with Crippen LogP contribution in [-0.2, 0) is 28.4 Å². The number of methoxy groups -OCH3 is 3. The van der Waals surface area contributed by atoms with Crippen LogP contribution in [0.1, 0.15) is 76.1 Å². The fraction of sp³-hybridized carbons (Fsp3) is 0.375. The van der Waals surface area contributed by atoms with Gasteiger partial charge in [0.1, 0.15) is 17.3 Å². The minimum Gasteiger partial charge on any atom is -0.496 e. The zero-order valence-electron chi connectivity index (χ0n) is 32.6. The summed E-state index contributed by atoms with van der Waals surface area (Å²) in [5.74, 6) is -1.64. The molecule has 1 heterocycles. The minimum atomic E-state index is -1.41. The maximum absolute atomic E-state index is 14.1. The molecule has 304 valence electrons. The van der Waals surface area contributed by atoms with Gasteiger partial charge in [0.15, 0.2) is 11.8 Å². The number of carbonyl (C=O) groups excluding carboxylic acids is 5. The first-order chi connectivity index (χ1) is 27.3. The zero-order valence-corrected chi connectivity index (χ0v) is 32.6. The van der Waals surface area contributed by atoms with Crippen LogP contribution in [0.2, 0.25) is 0 Å². The Morgan fingerprint density at radius 3 is 2.18 bits per heavy atom. The fourth-order valence-corrected chi connectivity index (χ4v) is 5.28. The van der Waals surface area contributed by atoms with Gasteiger partial charge in [-0.2, -0.15) is 4.99 Å². The molecule has 4 rings (SSSR count). The second kappa shape index (κ2) is 20.5. The summed E-state index contributed by atoms with van der Waals surface area (Å²) in [5.41, 5.74) is 7.12. The van der Waals surface area contributed by atoms with Crippen LogP contribution >= 0.6 is 0 Å². The summed E-state index contributed by atoms with van der Waals surface area (Å²) in [4.78, 5) is 73.5. The van der Waals surface area contributed by atoms with Gasteiger partial charge in [-0.3, -0.25) is 9.59 Å². The molecule has 0 saturated heterocycles.